The van der Waals surface area contributed by atoms with Gasteiger partial charge in [-0.2, -0.15) is 9.78 Å². The molecule has 0 unspecified atom stereocenters. The molecule has 24 heavy (non-hydrogen) atoms. The van der Waals surface area contributed by atoms with Gasteiger partial charge < -0.3 is 9.47 Å². The molecular formula is C18H24N2O4. The van der Waals surface area contributed by atoms with Gasteiger partial charge in [-0.15, -0.1) is 0 Å². The summed E-state index contributed by atoms with van der Waals surface area (Å²) in [5, 5.41) is 4.73. The zero-order valence-electron chi connectivity index (χ0n) is 15.3. The highest BCUT2D eigenvalue weighted by atomic mass is 16.6. The van der Waals surface area contributed by atoms with Crippen molar-refractivity contribution in [1.29, 1.82) is 0 Å². The van der Waals surface area contributed by atoms with Gasteiger partial charge >= 0.3 is 12.1 Å². The summed E-state index contributed by atoms with van der Waals surface area (Å²) in [7, 11) is 0. The first kappa shape index (κ1) is 18.0. The van der Waals surface area contributed by atoms with Crippen LogP contribution in [0.1, 0.15) is 57.6 Å². The van der Waals surface area contributed by atoms with E-state index in [-0.39, 0.29) is 5.69 Å². The smallest absolute Gasteiger partial charge is 0.435 e. The van der Waals surface area contributed by atoms with Crippen LogP contribution in [0.2, 0.25) is 0 Å². The number of hydrogen-bond acceptors (Lipinski definition) is 5. The number of ether oxygens (including phenoxy) is 2. The van der Waals surface area contributed by atoms with Gasteiger partial charge in [-0.25, -0.2) is 9.59 Å². The standard InChI is InChI=1S/C18H24N2O4/c1-11-8-9-13-12(10-11)14(15(21)23-17(2,3)4)19-20(13)16(22)24-18(5,6)7/h8-10H,1-7H3. The quantitative estimate of drug-likeness (QED) is 0.736. The van der Waals surface area contributed by atoms with Crippen molar-refractivity contribution >= 4 is 23.0 Å². The van der Waals surface area contributed by atoms with Crippen molar-refractivity contribution < 1.29 is 19.1 Å². The fraction of sp³-hybridized carbons (Fsp3) is 0.500. The monoisotopic (exact) mass is 332 g/mol. The van der Waals surface area contributed by atoms with Crippen LogP contribution in [0.15, 0.2) is 18.2 Å². The Hall–Kier alpha value is -2.37. The minimum absolute atomic E-state index is 0.106. The molecule has 0 N–H and O–H groups in total. The SMILES string of the molecule is Cc1ccc2c(c1)c(C(=O)OC(C)(C)C)nn2C(=O)OC(C)(C)C. The van der Waals surface area contributed by atoms with Gasteiger partial charge in [-0.05, 0) is 60.6 Å². The van der Waals surface area contributed by atoms with E-state index in [1.165, 1.54) is 0 Å². The number of esters is 1. The van der Waals surface area contributed by atoms with Crippen molar-refractivity contribution in [1.82, 2.24) is 9.78 Å². The van der Waals surface area contributed by atoms with Crippen LogP contribution in [0.25, 0.3) is 10.9 Å². The van der Waals surface area contributed by atoms with Crippen LogP contribution in [0.4, 0.5) is 4.79 Å². The maximum absolute atomic E-state index is 12.5. The molecule has 1 heterocycles. The number of rotatable bonds is 1. The topological polar surface area (TPSA) is 70.4 Å². The van der Waals surface area contributed by atoms with Gasteiger partial charge in [0.1, 0.15) is 11.2 Å². The van der Waals surface area contributed by atoms with Crippen molar-refractivity contribution in [3.8, 4) is 0 Å². The average Bonchev–Trinajstić information content (AvgIpc) is 2.73. The normalized spacial score (nSPS) is 12.3. The molecule has 0 fully saturated rings. The van der Waals surface area contributed by atoms with E-state index < -0.39 is 23.3 Å². The van der Waals surface area contributed by atoms with Crippen LogP contribution < -0.4 is 0 Å². The van der Waals surface area contributed by atoms with Crippen molar-refractivity contribution in [2.24, 2.45) is 0 Å². The van der Waals surface area contributed by atoms with E-state index in [2.05, 4.69) is 5.10 Å². The number of aromatic nitrogens is 2. The second-order valence-electron chi connectivity index (χ2n) is 7.76. The molecule has 0 atom stereocenters. The minimum atomic E-state index is -0.661. The molecule has 0 aliphatic carbocycles. The van der Waals surface area contributed by atoms with E-state index in [0.29, 0.717) is 10.9 Å². The Morgan fingerprint density at radius 2 is 1.58 bits per heavy atom. The second kappa shape index (κ2) is 5.92. The number of carbonyl (C=O) groups excluding carboxylic acids is 2. The van der Waals surface area contributed by atoms with Crippen molar-refractivity contribution in [3.05, 3.63) is 29.5 Å². The van der Waals surface area contributed by atoms with E-state index >= 15 is 0 Å². The third-order valence-corrected chi connectivity index (χ3v) is 2.99. The van der Waals surface area contributed by atoms with Crippen LogP contribution in [0.3, 0.4) is 0 Å². The first-order valence-corrected chi connectivity index (χ1v) is 7.83. The lowest BCUT2D eigenvalue weighted by atomic mass is 10.1. The summed E-state index contributed by atoms with van der Waals surface area (Å²) in [4.78, 5) is 24.9. The highest BCUT2D eigenvalue weighted by Crippen LogP contribution is 2.23. The number of fused-ring (bicyclic) bond motifs is 1. The highest BCUT2D eigenvalue weighted by molar-refractivity contribution is 6.04. The van der Waals surface area contributed by atoms with Crippen LogP contribution in [-0.2, 0) is 9.47 Å². The van der Waals surface area contributed by atoms with Gasteiger partial charge in [-0.1, -0.05) is 11.6 Å². The Bertz CT molecular complexity index is 792. The molecule has 0 spiro atoms. The van der Waals surface area contributed by atoms with Gasteiger partial charge in [0.05, 0.1) is 5.52 Å². The molecular weight excluding hydrogens is 308 g/mol. The van der Waals surface area contributed by atoms with E-state index in [1.807, 2.05) is 19.1 Å². The number of benzene rings is 1. The summed E-state index contributed by atoms with van der Waals surface area (Å²) in [6.07, 6.45) is -0.633. The summed E-state index contributed by atoms with van der Waals surface area (Å²) in [6, 6.07) is 5.40. The summed E-state index contributed by atoms with van der Waals surface area (Å²) in [5.41, 5.74) is 0.260. The molecule has 6 nitrogen and oxygen atoms in total. The van der Waals surface area contributed by atoms with Crippen LogP contribution in [0.5, 0.6) is 0 Å². The largest absolute Gasteiger partial charge is 0.455 e. The molecule has 0 saturated heterocycles. The van der Waals surface area contributed by atoms with E-state index in [4.69, 9.17) is 9.47 Å². The number of carbonyl (C=O) groups is 2. The molecule has 2 rings (SSSR count). The van der Waals surface area contributed by atoms with Crippen LogP contribution in [-0.4, -0.2) is 33.0 Å². The fourth-order valence-electron chi connectivity index (χ4n) is 2.15. The van der Waals surface area contributed by atoms with Crippen molar-refractivity contribution in [2.75, 3.05) is 0 Å². The van der Waals surface area contributed by atoms with Gasteiger partial charge in [0.2, 0.25) is 0 Å². The predicted molar refractivity (Wildman–Crippen MR) is 91.3 cm³/mol. The summed E-state index contributed by atoms with van der Waals surface area (Å²) < 4.78 is 11.9. The highest BCUT2D eigenvalue weighted by Gasteiger charge is 2.27. The lowest BCUT2D eigenvalue weighted by molar-refractivity contribution is 0.00643. The number of nitrogens with zero attached hydrogens (tertiary/aromatic N) is 2. The molecule has 0 bridgehead atoms. The van der Waals surface area contributed by atoms with E-state index in [0.717, 1.165) is 10.2 Å². The Morgan fingerprint density at radius 3 is 2.12 bits per heavy atom. The molecule has 0 saturated carbocycles. The molecule has 130 valence electrons. The maximum atomic E-state index is 12.5. The Morgan fingerprint density at radius 1 is 1.00 bits per heavy atom. The zero-order chi connectivity index (χ0) is 18.3. The Labute approximate surface area is 141 Å². The minimum Gasteiger partial charge on any atom is -0.455 e. The number of hydrogen-bond donors (Lipinski definition) is 0. The Kier molecular flexibility index (Phi) is 4.44. The van der Waals surface area contributed by atoms with Gasteiger partial charge in [0.25, 0.3) is 0 Å². The van der Waals surface area contributed by atoms with Crippen molar-refractivity contribution in [3.63, 3.8) is 0 Å². The lowest BCUT2D eigenvalue weighted by Gasteiger charge is -2.19. The lowest BCUT2D eigenvalue weighted by Crippen LogP contribution is -2.28. The van der Waals surface area contributed by atoms with Crippen LogP contribution >= 0.6 is 0 Å². The third-order valence-electron chi connectivity index (χ3n) is 2.99. The van der Waals surface area contributed by atoms with Gasteiger partial charge in [-0.3, -0.25) is 0 Å². The summed E-state index contributed by atoms with van der Waals surface area (Å²) in [6.45, 7) is 12.6. The first-order valence-electron chi connectivity index (χ1n) is 7.83. The van der Waals surface area contributed by atoms with Gasteiger partial charge in [0, 0.05) is 5.39 Å². The maximum Gasteiger partial charge on any atom is 0.435 e. The third kappa shape index (κ3) is 4.13. The van der Waals surface area contributed by atoms with E-state index in [9.17, 15) is 9.59 Å². The van der Waals surface area contributed by atoms with E-state index in [1.54, 1.807) is 47.6 Å². The molecule has 6 heteroatoms. The molecule has 0 aliphatic heterocycles. The number of aryl methyl sites for hydroxylation is 1. The van der Waals surface area contributed by atoms with Crippen LogP contribution in [0, 0.1) is 6.92 Å². The molecule has 1 aromatic heterocycles. The zero-order valence-corrected chi connectivity index (χ0v) is 15.3. The molecule has 0 amide bonds. The molecule has 0 aliphatic rings. The first-order chi connectivity index (χ1) is 10.9. The van der Waals surface area contributed by atoms with Crippen molar-refractivity contribution in [2.45, 2.75) is 59.7 Å². The Balaban J connectivity index is 2.55. The second-order valence-corrected chi connectivity index (χ2v) is 7.76. The average molecular weight is 332 g/mol. The van der Waals surface area contributed by atoms with Gasteiger partial charge in [0.15, 0.2) is 5.69 Å². The molecule has 1 aromatic carbocycles. The predicted octanol–water partition coefficient (Wildman–Crippen LogP) is 4.08. The summed E-state index contributed by atoms with van der Waals surface area (Å²) in [5.74, 6) is -0.569. The fourth-order valence-corrected chi connectivity index (χ4v) is 2.15. The molecule has 0 radical (unpaired) electrons. The summed E-state index contributed by atoms with van der Waals surface area (Å²) >= 11 is 0. The molecule has 2 aromatic rings.